The SMILES string of the molecule is O=C(Nc1ccc(OC2CCCC2)cc1)[C@@H]1CCCN1. The van der Waals surface area contributed by atoms with Crippen LogP contribution in [0.15, 0.2) is 24.3 Å². The summed E-state index contributed by atoms with van der Waals surface area (Å²) in [6.45, 7) is 0.937. The minimum absolute atomic E-state index is 0.0376. The number of rotatable bonds is 4. The first-order chi connectivity index (χ1) is 9.81. The first-order valence-corrected chi connectivity index (χ1v) is 7.62. The molecule has 1 atom stereocenters. The molecule has 1 saturated carbocycles. The normalized spacial score (nSPS) is 22.9. The molecule has 1 saturated heterocycles. The van der Waals surface area contributed by atoms with E-state index in [9.17, 15) is 4.79 Å². The van der Waals surface area contributed by atoms with Gasteiger partial charge in [-0.2, -0.15) is 0 Å². The number of carbonyl (C=O) groups is 1. The summed E-state index contributed by atoms with van der Waals surface area (Å²) in [7, 11) is 0. The van der Waals surface area contributed by atoms with Gasteiger partial charge in [0.25, 0.3) is 0 Å². The molecule has 1 amide bonds. The first kappa shape index (κ1) is 13.4. The number of ether oxygens (including phenoxy) is 1. The van der Waals surface area contributed by atoms with E-state index in [4.69, 9.17) is 4.74 Å². The number of hydrogen-bond donors (Lipinski definition) is 2. The predicted octanol–water partition coefficient (Wildman–Crippen LogP) is 2.70. The number of carbonyl (C=O) groups excluding carboxylic acids is 1. The average molecular weight is 274 g/mol. The zero-order chi connectivity index (χ0) is 13.8. The highest BCUT2D eigenvalue weighted by molar-refractivity contribution is 5.95. The molecule has 1 heterocycles. The van der Waals surface area contributed by atoms with Crippen molar-refractivity contribution in [1.29, 1.82) is 0 Å². The van der Waals surface area contributed by atoms with E-state index < -0.39 is 0 Å². The van der Waals surface area contributed by atoms with Gasteiger partial charge in [-0.05, 0) is 69.3 Å². The Labute approximate surface area is 119 Å². The van der Waals surface area contributed by atoms with E-state index in [1.807, 2.05) is 24.3 Å². The number of anilines is 1. The summed E-state index contributed by atoms with van der Waals surface area (Å²) in [6, 6.07) is 7.67. The molecule has 20 heavy (non-hydrogen) atoms. The maximum Gasteiger partial charge on any atom is 0.241 e. The highest BCUT2D eigenvalue weighted by atomic mass is 16.5. The Bertz CT molecular complexity index is 446. The summed E-state index contributed by atoms with van der Waals surface area (Å²) < 4.78 is 5.91. The van der Waals surface area contributed by atoms with Crippen LogP contribution in [0.5, 0.6) is 5.75 Å². The molecule has 2 aliphatic rings. The van der Waals surface area contributed by atoms with Crippen LogP contribution in [0.25, 0.3) is 0 Å². The molecular weight excluding hydrogens is 252 g/mol. The molecule has 3 rings (SSSR count). The van der Waals surface area contributed by atoms with E-state index in [2.05, 4.69) is 10.6 Å². The number of hydrogen-bond acceptors (Lipinski definition) is 3. The molecular formula is C16H22N2O2. The van der Waals surface area contributed by atoms with Gasteiger partial charge in [0.05, 0.1) is 12.1 Å². The van der Waals surface area contributed by atoms with Crippen molar-refractivity contribution in [2.45, 2.75) is 50.7 Å². The van der Waals surface area contributed by atoms with E-state index in [1.165, 1.54) is 12.8 Å². The molecule has 0 unspecified atom stereocenters. The Kier molecular flexibility index (Phi) is 4.21. The zero-order valence-corrected chi connectivity index (χ0v) is 11.7. The van der Waals surface area contributed by atoms with Crippen LogP contribution in [0.3, 0.4) is 0 Å². The summed E-state index contributed by atoms with van der Waals surface area (Å²) in [6.07, 6.45) is 7.23. The Balaban J connectivity index is 1.53. The van der Waals surface area contributed by atoms with Crippen LogP contribution in [0, 0.1) is 0 Å². The van der Waals surface area contributed by atoms with Crippen molar-refractivity contribution >= 4 is 11.6 Å². The first-order valence-electron chi connectivity index (χ1n) is 7.62. The molecule has 2 N–H and O–H groups in total. The molecule has 2 fully saturated rings. The third kappa shape index (κ3) is 3.31. The monoisotopic (exact) mass is 274 g/mol. The summed E-state index contributed by atoms with van der Waals surface area (Å²) in [5, 5.41) is 6.15. The van der Waals surface area contributed by atoms with Crippen LogP contribution in [0.2, 0.25) is 0 Å². The molecule has 1 aliphatic heterocycles. The fourth-order valence-electron chi connectivity index (χ4n) is 2.95. The lowest BCUT2D eigenvalue weighted by molar-refractivity contribution is -0.117. The largest absolute Gasteiger partial charge is 0.490 e. The minimum atomic E-state index is -0.0376. The third-order valence-corrected chi connectivity index (χ3v) is 4.10. The molecule has 1 aliphatic carbocycles. The lowest BCUT2D eigenvalue weighted by atomic mass is 10.2. The Morgan fingerprint density at radius 3 is 2.50 bits per heavy atom. The summed E-state index contributed by atoms with van der Waals surface area (Å²) in [4.78, 5) is 12.0. The number of nitrogens with one attached hydrogen (secondary N) is 2. The maximum absolute atomic E-state index is 12.0. The predicted molar refractivity (Wildman–Crippen MR) is 79.0 cm³/mol. The second-order valence-corrected chi connectivity index (χ2v) is 5.69. The van der Waals surface area contributed by atoms with Crippen LogP contribution >= 0.6 is 0 Å². The van der Waals surface area contributed by atoms with Crippen molar-refractivity contribution in [2.75, 3.05) is 11.9 Å². The van der Waals surface area contributed by atoms with Crippen molar-refractivity contribution in [3.05, 3.63) is 24.3 Å². The van der Waals surface area contributed by atoms with Crippen molar-refractivity contribution < 1.29 is 9.53 Å². The lowest BCUT2D eigenvalue weighted by Crippen LogP contribution is -2.35. The fourth-order valence-corrected chi connectivity index (χ4v) is 2.95. The van der Waals surface area contributed by atoms with Crippen molar-refractivity contribution in [3.63, 3.8) is 0 Å². The van der Waals surface area contributed by atoms with Gasteiger partial charge in [-0.25, -0.2) is 0 Å². The molecule has 108 valence electrons. The molecule has 0 aromatic heterocycles. The second kappa shape index (κ2) is 6.27. The van der Waals surface area contributed by atoms with Gasteiger partial charge < -0.3 is 15.4 Å². The van der Waals surface area contributed by atoms with Crippen molar-refractivity contribution in [3.8, 4) is 5.75 Å². The van der Waals surface area contributed by atoms with E-state index in [1.54, 1.807) is 0 Å². The van der Waals surface area contributed by atoms with E-state index in [0.717, 1.165) is 43.7 Å². The Morgan fingerprint density at radius 2 is 1.85 bits per heavy atom. The van der Waals surface area contributed by atoms with Crippen molar-refractivity contribution in [1.82, 2.24) is 5.32 Å². The van der Waals surface area contributed by atoms with E-state index in [-0.39, 0.29) is 11.9 Å². The quantitative estimate of drug-likeness (QED) is 0.887. The molecule has 0 radical (unpaired) electrons. The third-order valence-electron chi connectivity index (χ3n) is 4.10. The molecule has 1 aromatic rings. The van der Waals surface area contributed by atoms with Gasteiger partial charge >= 0.3 is 0 Å². The molecule has 1 aromatic carbocycles. The van der Waals surface area contributed by atoms with Crippen LogP contribution in [-0.2, 0) is 4.79 Å². The van der Waals surface area contributed by atoms with Crippen LogP contribution in [0.4, 0.5) is 5.69 Å². The van der Waals surface area contributed by atoms with Crippen molar-refractivity contribution in [2.24, 2.45) is 0 Å². The van der Waals surface area contributed by atoms with E-state index in [0.29, 0.717) is 6.10 Å². The standard InChI is InChI=1S/C16H22N2O2/c19-16(15-6-3-11-17-15)18-12-7-9-14(10-8-12)20-13-4-1-2-5-13/h7-10,13,15,17H,1-6,11H2,(H,18,19)/t15-/m0/s1. The topological polar surface area (TPSA) is 50.4 Å². The van der Waals surface area contributed by atoms with Gasteiger partial charge in [0.2, 0.25) is 5.91 Å². The minimum Gasteiger partial charge on any atom is -0.490 e. The van der Waals surface area contributed by atoms with Gasteiger partial charge in [0.15, 0.2) is 0 Å². The van der Waals surface area contributed by atoms with Gasteiger partial charge in [0, 0.05) is 5.69 Å². The maximum atomic E-state index is 12.0. The summed E-state index contributed by atoms with van der Waals surface area (Å²) >= 11 is 0. The van der Waals surface area contributed by atoms with Crippen LogP contribution < -0.4 is 15.4 Å². The van der Waals surface area contributed by atoms with Gasteiger partial charge in [-0.15, -0.1) is 0 Å². The highest BCUT2D eigenvalue weighted by Crippen LogP contribution is 2.25. The highest BCUT2D eigenvalue weighted by Gasteiger charge is 2.22. The summed E-state index contributed by atoms with van der Waals surface area (Å²) in [5.74, 6) is 0.959. The fraction of sp³-hybridized carbons (Fsp3) is 0.562. The van der Waals surface area contributed by atoms with Gasteiger partial charge in [0.1, 0.15) is 5.75 Å². The second-order valence-electron chi connectivity index (χ2n) is 5.69. The Morgan fingerprint density at radius 1 is 1.10 bits per heavy atom. The molecule has 0 bridgehead atoms. The molecule has 4 nitrogen and oxygen atoms in total. The smallest absolute Gasteiger partial charge is 0.241 e. The van der Waals surface area contributed by atoms with E-state index >= 15 is 0 Å². The Hall–Kier alpha value is -1.55. The number of amides is 1. The molecule has 4 heteroatoms. The van der Waals surface area contributed by atoms with Gasteiger partial charge in [-0.1, -0.05) is 0 Å². The lowest BCUT2D eigenvalue weighted by Gasteiger charge is -2.14. The average Bonchev–Trinajstić information content (AvgIpc) is 3.13. The summed E-state index contributed by atoms with van der Waals surface area (Å²) in [5.41, 5.74) is 0.836. The number of benzene rings is 1. The molecule has 0 spiro atoms. The van der Waals surface area contributed by atoms with Gasteiger partial charge in [-0.3, -0.25) is 4.79 Å². The van der Waals surface area contributed by atoms with Crippen LogP contribution in [0.1, 0.15) is 38.5 Å². The van der Waals surface area contributed by atoms with Crippen LogP contribution in [-0.4, -0.2) is 24.6 Å². The zero-order valence-electron chi connectivity index (χ0n) is 11.7.